The molecule has 5 nitrogen and oxygen atoms in total. The molecule has 23 heavy (non-hydrogen) atoms. The van der Waals surface area contributed by atoms with Crippen molar-refractivity contribution >= 4 is 35.3 Å². The van der Waals surface area contributed by atoms with Crippen LogP contribution in [0.15, 0.2) is 21.9 Å². The van der Waals surface area contributed by atoms with Gasteiger partial charge in [-0.1, -0.05) is 13.8 Å². The number of carbonyl (C=O) groups is 2. The van der Waals surface area contributed by atoms with Crippen LogP contribution >= 0.6 is 23.5 Å². The normalized spacial score (nSPS) is 10.4. The second kappa shape index (κ2) is 10.6. The van der Waals surface area contributed by atoms with Crippen molar-refractivity contribution in [1.82, 2.24) is 0 Å². The van der Waals surface area contributed by atoms with E-state index < -0.39 is 5.97 Å². The van der Waals surface area contributed by atoms with Gasteiger partial charge >= 0.3 is 5.97 Å². The molecule has 2 N–H and O–H groups in total. The Kier molecular flexibility index (Phi) is 9.13. The average molecular weight is 357 g/mol. The van der Waals surface area contributed by atoms with Crippen LogP contribution in [0.2, 0.25) is 0 Å². The predicted octanol–water partition coefficient (Wildman–Crippen LogP) is 2.99. The monoisotopic (exact) mass is 357 g/mol. The Morgan fingerprint density at radius 1 is 1.09 bits per heavy atom. The number of hydrogen-bond donors (Lipinski definition) is 1. The first-order chi connectivity index (χ1) is 11.1. The molecule has 0 aliphatic heterocycles. The van der Waals surface area contributed by atoms with E-state index in [9.17, 15) is 9.59 Å². The second-order valence-corrected chi connectivity index (χ2v) is 7.00. The van der Waals surface area contributed by atoms with Crippen molar-refractivity contribution in [3.05, 3.63) is 17.7 Å². The molecule has 0 bridgehead atoms. The third-order valence-corrected chi connectivity index (χ3v) is 4.57. The Morgan fingerprint density at radius 2 is 1.65 bits per heavy atom. The molecule has 0 atom stereocenters. The summed E-state index contributed by atoms with van der Waals surface area (Å²) in [6.07, 6.45) is 0. The van der Waals surface area contributed by atoms with E-state index in [1.54, 1.807) is 42.6 Å². The fourth-order valence-corrected chi connectivity index (χ4v) is 3.56. The molecule has 0 saturated carbocycles. The van der Waals surface area contributed by atoms with Crippen LogP contribution < -0.4 is 10.5 Å². The molecule has 0 heterocycles. The van der Waals surface area contributed by atoms with Crippen LogP contribution in [0, 0.1) is 0 Å². The van der Waals surface area contributed by atoms with Crippen molar-refractivity contribution in [2.24, 2.45) is 5.73 Å². The summed E-state index contributed by atoms with van der Waals surface area (Å²) in [7, 11) is 0. The minimum Gasteiger partial charge on any atom is -0.480 e. The van der Waals surface area contributed by atoms with Gasteiger partial charge in [0.2, 0.25) is 0 Å². The highest BCUT2D eigenvalue weighted by molar-refractivity contribution is 8.00. The number of ketones is 1. The Morgan fingerprint density at radius 3 is 2.09 bits per heavy atom. The maximum absolute atomic E-state index is 11.9. The van der Waals surface area contributed by atoms with Crippen LogP contribution in [0.25, 0.3) is 0 Å². The molecule has 0 aliphatic rings. The largest absolute Gasteiger partial charge is 0.480 e. The number of benzene rings is 1. The second-order valence-electron chi connectivity index (χ2n) is 4.39. The number of carbonyl (C=O) groups excluding carboxylic acids is 2. The molecule has 0 spiro atoms. The van der Waals surface area contributed by atoms with Crippen molar-refractivity contribution in [3.63, 3.8) is 0 Å². The molecular weight excluding hydrogens is 334 g/mol. The summed E-state index contributed by atoms with van der Waals surface area (Å²) in [4.78, 5) is 25.2. The molecule has 0 aromatic heterocycles. The highest BCUT2D eigenvalue weighted by Crippen LogP contribution is 2.39. The lowest BCUT2D eigenvalue weighted by Gasteiger charge is -2.16. The number of nitrogens with two attached hydrogens (primary N) is 1. The number of Topliss-reactive ketones (excluding diaryl/α,β-unsaturated/α-hetero) is 1. The van der Waals surface area contributed by atoms with E-state index in [-0.39, 0.29) is 18.9 Å². The van der Waals surface area contributed by atoms with Crippen LogP contribution in [0.1, 0.15) is 31.1 Å². The van der Waals surface area contributed by atoms with Crippen molar-refractivity contribution in [1.29, 1.82) is 0 Å². The summed E-state index contributed by atoms with van der Waals surface area (Å²) >= 11 is 3.13. The molecule has 1 aromatic carbocycles. The topological polar surface area (TPSA) is 78.6 Å². The lowest BCUT2D eigenvalue weighted by atomic mass is 10.1. The van der Waals surface area contributed by atoms with Gasteiger partial charge in [-0.05, 0) is 30.6 Å². The summed E-state index contributed by atoms with van der Waals surface area (Å²) in [5.41, 5.74) is 6.04. The van der Waals surface area contributed by atoms with E-state index in [2.05, 4.69) is 0 Å². The Labute approximate surface area is 145 Å². The number of hydrogen-bond acceptors (Lipinski definition) is 7. The molecule has 1 rings (SSSR count). The van der Waals surface area contributed by atoms with Gasteiger partial charge in [0.05, 0.1) is 22.9 Å². The van der Waals surface area contributed by atoms with Gasteiger partial charge in [-0.3, -0.25) is 4.79 Å². The molecule has 0 fully saturated rings. The first kappa shape index (κ1) is 19.9. The maximum atomic E-state index is 11.9. The van der Waals surface area contributed by atoms with Gasteiger partial charge in [-0.15, -0.1) is 23.5 Å². The summed E-state index contributed by atoms with van der Waals surface area (Å²) < 4.78 is 10.6. The first-order valence-corrected chi connectivity index (χ1v) is 9.49. The third-order valence-electron chi connectivity index (χ3n) is 2.77. The summed E-state index contributed by atoms with van der Waals surface area (Å²) in [5, 5.41) is 0. The van der Waals surface area contributed by atoms with Gasteiger partial charge < -0.3 is 15.2 Å². The fraction of sp³-hybridized carbons (Fsp3) is 0.500. The molecule has 0 radical (unpaired) electrons. The molecule has 0 aliphatic carbocycles. The van der Waals surface area contributed by atoms with Crippen LogP contribution in [0.3, 0.4) is 0 Å². The van der Waals surface area contributed by atoms with E-state index in [0.29, 0.717) is 17.9 Å². The summed E-state index contributed by atoms with van der Waals surface area (Å²) in [6.45, 7) is 5.93. The van der Waals surface area contributed by atoms with E-state index in [1.165, 1.54) is 0 Å². The lowest BCUT2D eigenvalue weighted by Crippen LogP contribution is -2.16. The SMILES string of the molecule is CCOC(=O)COc1c(SCC)cc(C(=O)CN)cc1SCC. The Bertz CT molecular complexity index is 522. The molecular formula is C16H23NO4S2. The standard InChI is InChI=1S/C16H23NO4S2/c1-4-20-15(19)10-21-16-13(22-5-2)7-11(12(18)9-17)8-14(16)23-6-3/h7-8H,4-6,9-10,17H2,1-3H3. The Balaban J connectivity index is 3.16. The molecule has 1 aromatic rings. The van der Waals surface area contributed by atoms with E-state index in [0.717, 1.165) is 21.3 Å². The number of ether oxygens (including phenoxy) is 2. The van der Waals surface area contributed by atoms with Crippen LogP contribution in [0.4, 0.5) is 0 Å². The summed E-state index contributed by atoms with van der Waals surface area (Å²) in [6, 6.07) is 3.56. The smallest absolute Gasteiger partial charge is 0.344 e. The van der Waals surface area contributed by atoms with Gasteiger partial charge in [0, 0.05) is 5.56 Å². The van der Waals surface area contributed by atoms with Crippen LogP contribution in [-0.4, -0.2) is 43.0 Å². The molecule has 0 unspecified atom stereocenters. The number of esters is 1. The van der Waals surface area contributed by atoms with Crippen molar-refractivity contribution < 1.29 is 19.1 Å². The van der Waals surface area contributed by atoms with E-state index in [4.69, 9.17) is 15.2 Å². The first-order valence-electron chi connectivity index (χ1n) is 7.52. The van der Waals surface area contributed by atoms with Crippen LogP contribution in [0.5, 0.6) is 5.75 Å². The molecule has 0 saturated heterocycles. The average Bonchev–Trinajstić information content (AvgIpc) is 2.53. The van der Waals surface area contributed by atoms with Crippen molar-refractivity contribution in [2.45, 2.75) is 30.6 Å². The molecule has 0 amide bonds. The van der Waals surface area contributed by atoms with Gasteiger partial charge in [0.25, 0.3) is 0 Å². The van der Waals surface area contributed by atoms with Gasteiger partial charge in [-0.2, -0.15) is 0 Å². The van der Waals surface area contributed by atoms with Gasteiger partial charge in [0.15, 0.2) is 12.4 Å². The zero-order valence-corrected chi connectivity index (χ0v) is 15.4. The predicted molar refractivity (Wildman–Crippen MR) is 94.8 cm³/mol. The minimum absolute atomic E-state index is 0.0322. The van der Waals surface area contributed by atoms with Crippen LogP contribution in [-0.2, 0) is 9.53 Å². The zero-order chi connectivity index (χ0) is 17.2. The molecule has 128 valence electrons. The lowest BCUT2D eigenvalue weighted by molar-refractivity contribution is -0.145. The maximum Gasteiger partial charge on any atom is 0.344 e. The van der Waals surface area contributed by atoms with E-state index in [1.807, 2.05) is 13.8 Å². The van der Waals surface area contributed by atoms with Crippen molar-refractivity contribution in [3.8, 4) is 5.75 Å². The number of rotatable bonds is 10. The fourth-order valence-electron chi connectivity index (χ4n) is 1.86. The van der Waals surface area contributed by atoms with Gasteiger partial charge in [-0.25, -0.2) is 4.79 Å². The third kappa shape index (κ3) is 6.08. The molecule has 7 heteroatoms. The minimum atomic E-state index is -0.408. The van der Waals surface area contributed by atoms with Crippen molar-refractivity contribution in [2.75, 3.05) is 31.3 Å². The van der Waals surface area contributed by atoms with E-state index >= 15 is 0 Å². The Hall–Kier alpha value is -1.18. The highest BCUT2D eigenvalue weighted by Gasteiger charge is 2.17. The quantitative estimate of drug-likeness (QED) is 0.392. The number of thioether (sulfide) groups is 2. The highest BCUT2D eigenvalue weighted by atomic mass is 32.2. The summed E-state index contributed by atoms with van der Waals surface area (Å²) in [5.74, 6) is 1.76. The zero-order valence-electron chi connectivity index (χ0n) is 13.7. The van der Waals surface area contributed by atoms with Gasteiger partial charge in [0.1, 0.15) is 5.75 Å².